The van der Waals surface area contributed by atoms with Gasteiger partial charge in [-0.1, -0.05) is 25.0 Å². The van der Waals surface area contributed by atoms with E-state index in [1.165, 1.54) is 19.3 Å². The van der Waals surface area contributed by atoms with Crippen LogP contribution in [-0.2, 0) is 0 Å². The summed E-state index contributed by atoms with van der Waals surface area (Å²) in [5.74, 6) is 1.13. The maximum Gasteiger partial charge on any atom is 0.149 e. The van der Waals surface area contributed by atoms with Crippen LogP contribution in [0.1, 0.15) is 26.2 Å². The molecule has 0 unspecified atom stereocenters. The van der Waals surface area contributed by atoms with Gasteiger partial charge in [0.1, 0.15) is 11.2 Å². The van der Waals surface area contributed by atoms with E-state index < -0.39 is 0 Å². The van der Waals surface area contributed by atoms with E-state index in [0.29, 0.717) is 0 Å². The second kappa shape index (κ2) is 5.18. The lowest BCUT2D eigenvalue weighted by molar-refractivity contribution is 0.778. The lowest BCUT2D eigenvalue weighted by Crippen LogP contribution is -1.79. The molecule has 1 aromatic heterocycles. The number of nitrogens with zero attached hydrogens (tertiary/aromatic N) is 2. The van der Waals surface area contributed by atoms with E-state index in [4.69, 9.17) is 0 Å². The fourth-order valence-corrected chi connectivity index (χ4v) is 1.52. The van der Waals surface area contributed by atoms with Crippen molar-refractivity contribution in [2.45, 2.75) is 31.2 Å². The van der Waals surface area contributed by atoms with Crippen molar-refractivity contribution in [1.29, 1.82) is 0 Å². The molecule has 1 N–H and O–H groups in total. The molecule has 0 aliphatic carbocycles. The number of aromatic nitrogens is 3. The molecule has 0 bridgehead atoms. The van der Waals surface area contributed by atoms with Gasteiger partial charge in [-0.25, -0.2) is 0 Å². The standard InChI is InChI=1S/C7H12N3S/c1-2-3-4-5-11-7-6-8-10-9-7/h2-5H2,1H3,(H,8,9,10). The second-order valence-electron chi connectivity index (χ2n) is 2.31. The van der Waals surface area contributed by atoms with Crippen LogP contribution in [0.2, 0.25) is 0 Å². The van der Waals surface area contributed by atoms with E-state index in [2.05, 4.69) is 28.5 Å². The lowest BCUT2D eigenvalue weighted by Gasteiger charge is -1.94. The van der Waals surface area contributed by atoms with Crippen LogP contribution < -0.4 is 0 Å². The van der Waals surface area contributed by atoms with Gasteiger partial charge in [0.25, 0.3) is 0 Å². The third kappa shape index (κ3) is 3.41. The van der Waals surface area contributed by atoms with Crippen LogP contribution in [0.25, 0.3) is 0 Å². The third-order valence-corrected chi connectivity index (χ3v) is 2.31. The van der Waals surface area contributed by atoms with E-state index in [1.807, 2.05) is 0 Å². The Hall–Kier alpha value is -0.510. The van der Waals surface area contributed by atoms with Crippen molar-refractivity contribution >= 4 is 11.8 Å². The topological polar surface area (TPSA) is 41.6 Å². The molecule has 1 aromatic rings. The molecule has 0 saturated heterocycles. The number of aromatic amines is 1. The summed E-state index contributed by atoms with van der Waals surface area (Å²) >= 11 is 1.73. The summed E-state index contributed by atoms with van der Waals surface area (Å²) < 4.78 is 0. The second-order valence-corrected chi connectivity index (χ2v) is 3.41. The van der Waals surface area contributed by atoms with Gasteiger partial charge in [0, 0.05) is 0 Å². The Labute approximate surface area is 71.0 Å². The Morgan fingerprint density at radius 1 is 1.55 bits per heavy atom. The molecule has 1 rings (SSSR count). The highest BCUT2D eigenvalue weighted by atomic mass is 32.2. The van der Waals surface area contributed by atoms with Gasteiger partial charge in [-0.05, 0) is 12.2 Å². The summed E-state index contributed by atoms with van der Waals surface area (Å²) in [5, 5.41) is 10.8. The Bertz CT molecular complexity index is 174. The van der Waals surface area contributed by atoms with E-state index >= 15 is 0 Å². The number of H-pyrrole nitrogens is 1. The van der Waals surface area contributed by atoms with Crippen LogP contribution in [0, 0.1) is 6.20 Å². The zero-order chi connectivity index (χ0) is 7.94. The molecule has 11 heavy (non-hydrogen) atoms. The van der Waals surface area contributed by atoms with Crippen molar-refractivity contribution in [3.05, 3.63) is 6.20 Å². The monoisotopic (exact) mass is 170 g/mol. The molecular weight excluding hydrogens is 158 g/mol. The molecule has 0 amide bonds. The molecule has 0 aromatic carbocycles. The van der Waals surface area contributed by atoms with Crippen molar-refractivity contribution in [3.63, 3.8) is 0 Å². The molecule has 1 heterocycles. The van der Waals surface area contributed by atoms with Gasteiger partial charge >= 0.3 is 0 Å². The van der Waals surface area contributed by atoms with E-state index in [-0.39, 0.29) is 0 Å². The molecule has 0 aliphatic heterocycles. The minimum Gasteiger partial charge on any atom is -0.251 e. The highest BCUT2D eigenvalue weighted by molar-refractivity contribution is 7.99. The molecule has 0 fully saturated rings. The summed E-state index contributed by atoms with van der Waals surface area (Å²) in [6.45, 7) is 2.20. The number of nitrogens with one attached hydrogen (secondary N) is 1. The summed E-state index contributed by atoms with van der Waals surface area (Å²) in [7, 11) is 0. The van der Waals surface area contributed by atoms with Crippen molar-refractivity contribution in [3.8, 4) is 0 Å². The first-order valence-electron chi connectivity index (χ1n) is 3.85. The Morgan fingerprint density at radius 3 is 3.09 bits per heavy atom. The first-order valence-corrected chi connectivity index (χ1v) is 4.83. The van der Waals surface area contributed by atoms with Crippen LogP contribution in [-0.4, -0.2) is 21.2 Å². The van der Waals surface area contributed by atoms with Gasteiger partial charge in [-0.2, -0.15) is 0 Å². The summed E-state index contributed by atoms with van der Waals surface area (Å²) in [6, 6.07) is 0. The van der Waals surface area contributed by atoms with Crippen molar-refractivity contribution in [1.82, 2.24) is 15.4 Å². The quantitative estimate of drug-likeness (QED) is 0.542. The van der Waals surface area contributed by atoms with Crippen LogP contribution in [0.4, 0.5) is 0 Å². The minimum absolute atomic E-state index is 0.945. The molecule has 4 heteroatoms. The highest BCUT2D eigenvalue weighted by Crippen LogP contribution is 2.14. The first-order chi connectivity index (χ1) is 5.43. The maximum absolute atomic E-state index is 3.57. The van der Waals surface area contributed by atoms with Gasteiger partial charge in [0.15, 0.2) is 0 Å². The number of hydrogen-bond acceptors (Lipinski definition) is 3. The van der Waals surface area contributed by atoms with Gasteiger partial charge in [-0.3, -0.25) is 5.10 Å². The van der Waals surface area contributed by atoms with E-state index in [1.54, 1.807) is 11.8 Å². The van der Waals surface area contributed by atoms with E-state index in [0.717, 1.165) is 10.8 Å². The third-order valence-electron chi connectivity index (χ3n) is 1.35. The van der Waals surface area contributed by atoms with Crippen LogP contribution >= 0.6 is 11.8 Å². The highest BCUT2D eigenvalue weighted by Gasteiger charge is 1.94. The lowest BCUT2D eigenvalue weighted by atomic mass is 10.3. The fraction of sp³-hybridized carbons (Fsp3) is 0.714. The average Bonchev–Trinajstić information content (AvgIpc) is 2.50. The molecule has 1 radical (unpaired) electrons. The Morgan fingerprint density at radius 2 is 2.45 bits per heavy atom. The minimum atomic E-state index is 0.945. The maximum atomic E-state index is 3.57. The predicted octanol–water partition coefficient (Wildman–Crippen LogP) is 1.89. The fourth-order valence-electron chi connectivity index (χ4n) is 0.757. The smallest absolute Gasteiger partial charge is 0.149 e. The van der Waals surface area contributed by atoms with Crippen molar-refractivity contribution in [2.75, 3.05) is 5.75 Å². The molecule has 61 valence electrons. The number of hydrogen-bond donors (Lipinski definition) is 1. The van der Waals surface area contributed by atoms with Crippen molar-refractivity contribution in [2.24, 2.45) is 0 Å². The Balaban J connectivity index is 2.04. The SMILES string of the molecule is CCCCCSc1[c]nn[nH]1. The van der Waals surface area contributed by atoms with Gasteiger partial charge in [0.05, 0.1) is 0 Å². The molecule has 0 saturated carbocycles. The summed E-state index contributed by atoms with van der Waals surface area (Å²) in [6.07, 6.45) is 6.59. The molecule has 0 atom stereocenters. The number of unbranched alkanes of at least 4 members (excludes halogenated alkanes) is 2. The Kier molecular flexibility index (Phi) is 4.04. The summed E-state index contributed by atoms with van der Waals surface area (Å²) in [4.78, 5) is 0. The number of rotatable bonds is 5. The van der Waals surface area contributed by atoms with Crippen LogP contribution in [0.3, 0.4) is 0 Å². The molecular formula is C7H12N3S. The molecule has 3 nitrogen and oxygen atoms in total. The molecule has 0 spiro atoms. The van der Waals surface area contributed by atoms with Gasteiger partial charge < -0.3 is 0 Å². The zero-order valence-electron chi connectivity index (χ0n) is 6.63. The van der Waals surface area contributed by atoms with Crippen molar-refractivity contribution < 1.29 is 0 Å². The van der Waals surface area contributed by atoms with Gasteiger partial charge in [-0.15, -0.1) is 16.9 Å². The zero-order valence-corrected chi connectivity index (χ0v) is 7.45. The van der Waals surface area contributed by atoms with Gasteiger partial charge in [0.2, 0.25) is 0 Å². The van der Waals surface area contributed by atoms with E-state index in [9.17, 15) is 0 Å². The number of thioether (sulfide) groups is 1. The van der Waals surface area contributed by atoms with Crippen LogP contribution in [0.15, 0.2) is 5.03 Å². The summed E-state index contributed by atoms with van der Waals surface area (Å²) in [5.41, 5.74) is 0. The largest absolute Gasteiger partial charge is 0.251 e. The molecule has 0 aliphatic rings. The average molecular weight is 170 g/mol. The predicted molar refractivity (Wildman–Crippen MR) is 45.5 cm³/mol. The first kappa shape index (κ1) is 8.59. The van der Waals surface area contributed by atoms with Crippen LogP contribution in [0.5, 0.6) is 0 Å². The normalized spacial score (nSPS) is 10.3.